The molecular formula is C10H23NO. The van der Waals surface area contributed by atoms with Crippen molar-refractivity contribution < 1.29 is 5.21 Å². The summed E-state index contributed by atoms with van der Waals surface area (Å²) >= 11 is 0. The summed E-state index contributed by atoms with van der Waals surface area (Å²) in [6, 6.07) is 0. The molecule has 0 aliphatic heterocycles. The number of nitrogens with one attached hydrogen (secondary N) is 1. The third-order valence-electron chi connectivity index (χ3n) is 2.85. The van der Waals surface area contributed by atoms with Gasteiger partial charge in [0.1, 0.15) is 0 Å². The average molecular weight is 173 g/mol. The molecule has 2 heteroatoms. The van der Waals surface area contributed by atoms with E-state index >= 15 is 0 Å². The first-order valence-corrected chi connectivity index (χ1v) is 5.16. The molecule has 0 aliphatic carbocycles. The molecule has 0 atom stereocenters. The molecule has 0 saturated carbocycles. The van der Waals surface area contributed by atoms with Gasteiger partial charge in [-0.1, -0.05) is 40.0 Å². The van der Waals surface area contributed by atoms with Gasteiger partial charge >= 0.3 is 0 Å². The van der Waals surface area contributed by atoms with Gasteiger partial charge in [0.15, 0.2) is 0 Å². The fourth-order valence-electron chi connectivity index (χ4n) is 1.53. The molecule has 0 amide bonds. The first-order valence-electron chi connectivity index (χ1n) is 5.16. The highest BCUT2D eigenvalue weighted by Crippen LogP contribution is 2.21. The molecule has 0 fully saturated rings. The minimum absolute atomic E-state index is 0.0187. The molecule has 0 heterocycles. The van der Waals surface area contributed by atoms with Crippen LogP contribution >= 0.6 is 0 Å². The van der Waals surface area contributed by atoms with Gasteiger partial charge in [-0.05, 0) is 19.3 Å². The van der Waals surface area contributed by atoms with Crippen molar-refractivity contribution in [2.75, 3.05) is 0 Å². The van der Waals surface area contributed by atoms with Gasteiger partial charge in [0.2, 0.25) is 0 Å². The van der Waals surface area contributed by atoms with E-state index in [-0.39, 0.29) is 5.54 Å². The first-order chi connectivity index (χ1) is 5.74. The SMILES string of the molecule is CCCCCC(CC)(CC)NO. The monoisotopic (exact) mass is 173 g/mol. The van der Waals surface area contributed by atoms with E-state index in [9.17, 15) is 0 Å². The highest BCUT2D eigenvalue weighted by Gasteiger charge is 2.23. The molecule has 0 aliphatic rings. The first kappa shape index (κ1) is 11.9. The van der Waals surface area contributed by atoms with Crippen molar-refractivity contribution in [3.63, 3.8) is 0 Å². The minimum Gasteiger partial charge on any atom is -0.316 e. The Morgan fingerprint density at radius 2 is 1.67 bits per heavy atom. The number of hydroxylamine groups is 1. The predicted molar refractivity (Wildman–Crippen MR) is 52.4 cm³/mol. The second kappa shape index (κ2) is 6.44. The smallest absolute Gasteiger partial charge is 0.0424 e. The Morgan fingerprint density at radius 1 is 1.08 bits per heavy atom. The van der Waals surface area contributed by atoms with Crippen molar-refractivity contribution in [3.8, 4) is 0 Å². The molecule has 0 spiro atoms. The van der Waals surface area contributed by atoms with Gasteiger partial charge in [-0.3, -0.25) is 0 Å². The summed E-state index contributed by atoms with van der Waals surface area (Å²) in [5, 5.41) is 9.03. The molecule has 0 rings (SSSR count). The third kappa shape index (κ3) is 3.55. The predicted octanol–water partition coefficient (Wildman–Crippen LogP) is 3.10. The summed E-state index contributed by atoms with van der Waals surface area (Å²) in [4.78, 5) is 0. The maximum absolute atomic E-state index is 9.03. The zero-order valence-corrected chi connectivity index (χ0v) is 8.69. The zero-order chi connectivity index (χ0) is 9.45. The Kier molecular flexibility index (Phi) is 6.39. The van der Waals surface area contributed by atoms with Gasteiger partial charge in [0.25, 0.3) is 0 Å². The van der Waals surface area contributed by atoms with Crippen LogP contribution in [0.25, 0.3) is 0 Å². The van der Waals surface area contributed by atoms with Crippen LogP contribution in [0.3, 0.4) is 0 Å². The summed E-state index contributed by atoms with van der Waals surface area (Å²) in [5.74, 6) is 0. The molecule has 0 unspecified atom stereocenters. The zero-order valence-electron chi connectivity index (χ0n) is 8.69. The van der Waals surface area contributed by atoms with Crippen molar-refractivity contribution in [1.82, 2.24) is 5.48 Å². The molecule has 0 aromatic rings. The molecule has 0 aromatic carbocycles. The van der Waals surface area contributed by atoms with Crippen molar-refractivity contribution >= 4 is 0 Å². The van der Waals surface area contributed by atoms with Gasteiger partial charge < -0.3 is 5.21 Å². The fourth-order valence-corrected chi connectivity index (χ4v) is 1.53. The lowest BCUT2D eigenvalue weighted by molar-refractivity contribution is 0.0479. The number of hydrogen-bond acceptors (Lipinski definition) is 2. The molecule has 0 saturated heterocycles. The number of hydrogen-bond donors (Lipinski definition) is 2. The fraction of sp³-hybridized carbons (Fsp3) is 1.00. The summed E-state index contributed by atoms with van der Waals surface area (Å²) in [6.07, 6.45) is 6.82. The Morgan fingerprint density at radius 3 is 2.00 bits per heavy atom. The van der Waals surface area contributed by atoms with E-state index in [1.807, 2.05) is 0 Å². The van der Waals surface area contributed by atoms with Crippen LogP contribution in [0.2, 0.25) is 0 Å². The van der Waals surface area contributed by atoms with Crippen molar-refractivity contribution in [2.45, 2.75) is 64.8 Å². The van der Waals surface area contributed by atoms with E-state index in [2.05, 4.69) is 26.3 Å². The van der Waals surface area contributed by atoms with E-state index in [4.69, 9.17) is 5.21 Å². The standard InChI is InChI=1S/C10H23NO/c1-4-7-8-9-10(5-2,6-3)11-12/h11-12H,4-9H2,1-3H3. The van der Waals surface area contributed by atoms with Crippen LogP contribution in [0.15, 0.2) is 0 Å². The van der Waals surface area contributed by atoms with Gasteiger partial charge in [-0.25, -0.2) is 0 Å². The third-order valence-corrected chi connectivity index (χ3v) is 2.85. The van der Waals surface area contributed by atoms with E-state index < -0.39 is 0 Å². The highest BCUT2D eigenvalue weighted by atomic mass is 16.5. The lowest BCUT2D eigenvalue weighted by Gasteiger charge is -2.29. The molecule has 12 heavy (non-hydrogen) atoms. The summed E-state index contributed by atoms with van der Waals surface area (Å²) in [6.45, 7) is 6.45. The van der Waals surface area contributed by atoms with Crippen LogP contribution in [-0.2, 0) is 0 Å². The van der Waals surface area contributed by atoms with Crippen LogP contribution < -0.4 is 5.48 Å². The van der Waals surface area contributed by atoms with Gasteiger partial charge in [0, 0.05) is 5.54 Å². The largest absolute Gasteiger partial charge is 0.316 e. The summed E-state index contributed by atoms with van der Waals surface area (Å²) < 4.78 is 0. The molecule has 0 bridgehead atoms. The maximum atomic E-state index is 9.03. The number of unbranched alkanes of at least 4 members (excludes halogenated alkanes) is 2. The topological polar surface area (TPSA) is 32.3 Å². The van der Waals surface area contributed by atoms with E-state index in [0.717, 1.165) is 19.3 Å². The lowest BCUT2D eigenvalue weighted by atomic mass is 9.88. The summed E-state index contributed by atoms with van der Waals surface area (Å²) in [5.41, 5.74) is 2.46. The lowest BCUT2D eigenvalue weighted by Crippen LogP contribution is -2.42. The maximum Gasteiger partial charge on any atom is 0.0424 e. The Labute approximate surface area is 76.3 Å². The Balaban J connectivity index is 3.76. The van der Waals surface area contributed by atoms with Crippen LogP contribution in [0.5, 0.6) is 0 Å². The summed E-state index contributed by atoms with van der Waals surface area (Å²) in [7, 11) is 0. The second-order valence-electron chi connectivity index (χ2n) is 3.56. The van der Waals surface area contributed by atoms with Crippen LogP contribution in [0, 0.1) is 0 Å². The molecule has 2 nitrogen and oxygen atoms in total. The van der Waals surface area contributed by atoms with Crippen LogP contribution in [0.4, 0.5) is 0 Å². The normalized spacial score (nSPS) is 12.0. The molecule has 2 N–H and O–H groups in total. The Hall–Kier alpha value is -0.0800. The van der Waals surface area contributed by atoms with Gasteiger partial charge in [-0.15, -0.1) is 0 Å². The van der Waals surface area contributed by atoms with E-state index in [1.54, 1.807) is 0 Å². The second-order valence-corrected chi connectivity index (χ2v) is 3.56. The van der Waals surface area contributed by atoms with Crippen LogP contribution in [0.1, 0.15) is 59.3 Å². The van der Waals surface area contributed by atoms with E-state index in [0.29, 0.717) is 0 Å². The van der Waals surface area contributed by atoms with Gasteiger partial charge in [-0.2, -0.15) is 5.48 Å². The quantitative estimate of drug-likeness (QED) is 0.458. The molecule has 0 aromatic heterocycles. The molecule has 74 valence electrons. The van der Waals surface area contributed by atoms with Crippen molar-refractivity contribution in [1.29, 1.82) is 0 Å². The van der Waals surface area contributed by atoms with Crippen molar-refractivity contribution in [3.05, 3.63) is 0 Å². The Bertz CT molecular complexity index is 91.7. The van der Waals surface area contributed by atoms with Gasteiger partial charge in [0.05, 0.1) is 0 Å². The molecule has 0 radical (unpaired) electrons. The molecular weight excluding hydrogens is 150 g/mol. The average Bonchev–Trinajstić information content (AvgIpc) is 2.14. The number of rotatable bonds is 7. The highest BCUT2D eigenvalue weighted by molar-refractivity contribution is 4.81. The van der Waals surface area contributed by atoms with Crippen molar-refractivity contribution in [2.24, 2.45) is 0 Å². The van der Waals surface area contributed by atoms with E-state index in [1.165, 1.54) is 19.3 Å². The van der Waals surface area contributed by atoms with Crippen LogP contribution in [-0.4, -0.2) is 10.7 Å². The minimum atomic E-state index is -0.0187.